The van der Waals surface area contributed by atoms with Gasteiger partial charge in [-0.2, -0.15) is 0 Å². The van der Waals surface area contributed by atoms with Gasteiger partial charge in [0.05, 0.1) is 45.7 Å². The van der Waals surface area contributed by atoms with Crippen LogP contribution in [0.2, 0.25) is 18.1 Å². The van der Waals surface area contributed by atoms with Gasteiger partial charge >= 0.3 is 5.97 Å². The van der Waals surface area contributed by atoms with Crippen LogP contribution in [0.25, 0.3) is 0 Å². The number of hydrogen-bond donors (Lipinski definition) is 0. The zero-order valence-electron chi connectivity index (χ0n) is 23.2. The Labute approximate surface area is 218 Å². The molecule has 1 aromatic rings. The SMILES string of the molecule is COC(=O)/C=C/CC(OCc1ccc(OC)cc1)C(/C=C/C1CC(C)=CCO1)O[Si](C)(C)C(C)(C)C. The van der Waals surface area contributed by atoms with Gasteiger partial charge in [-0.05, 0) is 55.6 Å². The predicted octanol–water partition coefficient (Wildman–Crippen LogP) is 6.38. The van der Waals surface area contributed by atoms with Crippen molar-refractivity contribution in [2.45, 2.75) is 83.6 Å². The highest BCUT2D eigenvalue weighted by Crippen LogP contribution is 2.38. The monoisotopic (exact) mass is 516 g/mol. The summed E-state index contributed by atoms with van der Waals surface area (Å²) in [4.78, 5) is 11.7. The molecular formula is C29H44O6Si. The van der Waals surface area contributed by atoms with Crippen molar-refractivity contribution in [1.29, 1.82) is 0 Å². The second kappa shape index (κ2) is 13.9. The van der Waals surface area contributed by atoms with Crippen LogP contribution in [0.1, 0.15) is 46.1 Å². The van der Waals surface area contributed by atoms with Gasteiger partial charge in [0, 0.05) is 6.08 Å². The maximum absolute atomic E-state index is 11.7. The molecule has 0 aromatic heterocycles. The molecule has 3 atom stereocenters. The highest BCUT2D eigenvalue weighted by atomic mass is 28.4. The molecule has 0 saturated heterocycles. The van der Waals surface area contributed by atoms with Crippen molar-refractivity contribution in [3.63, 3.8) is 0 Å². The lowest BCUT2D eigenvalue weighted by molar-refractivity contribution is -0.134. The number of carbonyl (C=O) groups is 1. The fourth-order valence-electron chi connectivity index (χ4n) is 3.48. The molecule has 0 N–H and O–H groups in total. The number of methoxy groups -OCH3 is 2. The van der Waals surface area contributed by atoms with Crippen molar-refractivity contribution in [3.05, 3.63) is 65.8 Å². The van der Waals surface area contributed by atoms with Crippen molar-refractivity contribution in [1.82, 2.24) is 0 Å². The van der Waals surface area contributed by atoms with E-state index < -0.39 is 8.32 Å². The van der Waals surface area contributed by atoms with Crippen molar-refractivity contribution < 1.29 is 28.2 Å². The van der Waals surface area contributed by atoms with Crippen molar-refractivity contribution in [2.24, 2.45) is 0 Å². The zero-order valence-corrected chi connectivity index (χ0v) is 24.2. The third-order valence-corrected chi connectivity index (χ3v) is 11.3. The average Bonchev–Trinajstić information content (AvgIpc) is 2.83. The molecule has 0 amide bonds. The van der Waals surface area contributed by atoms with Crippen LogP contribution >= 0.6 is 0 Å². The van der Waals surface area contributed by atoms with Crippen LogP contribution in [0, 0.1) is 0 Å². The van der Waals surface area contributed by atoms with Crippen LogP contribution in [-0.2, 0) is 30.0 Å². The first-order valence-electron chi connectivity index (χ1n) is 12.6. The molecule has 2 rings (SSSR count). The lowest BCUT2D eigenvalue weighted by Gasteiger charge is -2.40. The van der Waals surface area contributed by atoms with Crippen LogP contribution in [-0.4, -0.2) is 53.4 Å². The van der Waals surface area contributed by atoms with Crippen molar-refractivity contribution in [2.75, 3.05) is 20.8 Å². The number of carbonyl (C=O) groups excluding carboxylic acids is 1. The van der Waals surface area contributed by atoms with E-state index in [1.807, 2.05) is 24.3 Å². The molecule has 0 spiro atoms. The Hall–Kier alpha value is -2.19. The van der Waals surface area contributed by atoms with Crippen LogP contribution in [0.15, 0.2) is 60.2 Å². The Kier molecular flexibility index (Phi) is 11.6. The van der Waals surface area contributed by atoms with E-state index in [4.69, 9.17) is 23.4 Å². The maximum Gasteiger partial charge on any atom is 0.330 e. The fraction of sp³-hybridized carbons (Fsp3) is 0.552. The molecule has 200 valence electrons. The minimum Gasteiger partial charge on any atom is -0.497 e. The van der Waals surface area contributed by atoms with Crippen LogP contribution in [0.4, 0.5) is 0 Å². The van der Waals surface area contributed by atoms with E-state index in [9.17, 15) is 4.79 Å². The Morgan fingerprint density at radius 1 is 1.19 bits per heavy atom. The molecule has 3 unspecified atom stereocenters. The number of rotatable bonds is 12. The first kappa shape index (κ1) is 30.0. The molecule has 0 aliphatic carbocycles. The quantitative estimate of drug-likeness (QED) is 0.139. The normalized spacial score (nSPS) is 18.8. The molecule has 1 aliphatic heterocycles. The van der Waals surface area contributed by atoms with E-state index in [1.165, 1.54) is 18.8 Å². The van der Waals surface area contributed by atoms with E-state index in [2.05, 4.69) is 59.0 Å². The number of ether oxygens (including phenoxy) is 4. The van der Waals surface area contributed by atoms with E-state index >= 15 is 0 Å². The highest BCUT2D eigenvalue weighted by Gasteiger charge is 2.40. The van der Waals surface area contributed by atoms with Gasteiger partial charge < -0.3 is 23.4 Å². The van der Waals surface area contributed by atoms with Gasteiger partial charge in [-0.3, -0.25) is 0 Å². The van der Waals surface area contributed by atoms with Gasteiger partial charge in [0.1, 0.15) is 5.75 Å². The van der Waals surface area contributed by atoms with Crippen molar-refractivity contribution in [3.8, 4) is 5.75 Å². The van der Waals surface area contributed by atoms with E-state index in [0.717, 1.165) is 17.7 Å². The van der Waals surface area contributed by atoms with Gasteiger partial charge in [-0.15, -0.1) is 0 Å². The topological polar surface area (TPSA) is 63.2 Å². The number of esters is 1. The van der Waals surface area contributed by atoms with Crippen LogP contribution in [0.3, 0.4) is 0 Å². The molecule has 0 fully saturated rings. The molecule has 6 nitrogen and oxygen atoms in total. The smallest absolute Gasteiger partial charge is 0.330 e. The molecule has 0 radical (unpaired) electrons. The van der Waals surface area contributed by atoms with Gasteiger partial charge in [-0.25, -0.2) is 4.79 Å². The van der Waals surface area contributed by atoms with Crippen LogP contribution < -0.4 is 4.74 Å². The predicted molar refractivity (Wildman–Crippen MR) is 147 cm³/mol. The van der Waals surface area contributed by atoms with Gasteiger partial charge in [0.2, 0.25) is 0 Å². The van der Waals surface area contributed by atoms with E-state index in [1.54, 1.807) is 13.2 Å². The second-order valence-corrected chi connectivity index (χ2v) is 15.5. The Bertz CT molecular complexity index is 911. The zero-order chi connectivity index (χ0) is 26.8. The summed E-state index contributed by atoms with van der Waals surface area (Å²) in [6.45, 7) is 14.3. The molecule has 1 aliphatic rings. The van der Waals surface area contributed by atoms with E-state index in [0.29, 0.717) is 19.6 Å². The third kappa shape index (κ3) is 9.69. The first-order valence-corrected chi connectivity index (χ1v) is 15.5. The van der Waals surface area contributed by atoms with Crippen molar-refractivity contribution >= 4 is 14.3 Å². The molecule has 1 heterocycles. The summed E-state index contributed by atoms with van der Waals surface area (Å²) in [5.41, 5.74) is 2.36. The standard InChI is InChI=1S/C29H44O6Si/c1-22-18-19-33-25(20-22)16-17-27(35-36(7,8)29(2,3)4)26(10-9-11-28(30)32-6)34-21-23-12-14-24(31-5)15-13-23/h9,11-18,25-27H,10,19-21H2,1-8H3/b11-9+,17-16+. The average molecular weight is 517 g/mol. The molecule has 0 saturated carbocycles. The lowest BCUT2D eigenvalue weighted by Crippen LogP contribution is -2.47. The highest BCUT2D eigenvalue weighted by molar-refractivity contribution is 6.74. The number of hydrogen-bond acceptors (Lipinski definition) is 6. The summed E-state index contributed by atoms with van der Waals surface area (Å²) < 4.78 is 29.3. The Balaban J connectivity index is 2.31. The summed E-state index contributed by atoms with van der Waals surface area (Å²) in [5, 5.41) is 0.0299. The Morgan fingerprint density at radius 3 is 2.47 bits per heavy atom. The summed E-state index contributed by atoms with van der Waals surface area (Å²) in [6.07, 6.45) is 10.3. The van der Waals surface area contributed by atoms with Gasteiger partial charge in [0.25, 0.3) is 0 Å². The summed E-state index contributed by atoms with van der Waals surface area (Å²) >= 11 is 0. The second-order valence-electron chi connectivity index (χ2n) is 10.7. The lowest BCUT2D eigenvalue weighted by atomic mass is 10.0. The van der Waals surface area contributed by atoms with Gasteiger partial charge in [0.15, 0.2) is 8.32 Å². The molecule has 0 bridgehead atoms. The molecule has 1 aromatic carbocycles. The molecule has 36 heavy (non-hydrogen) atoms. The first-order chi connectivity index (χ1) is 16.9. The van der Waals surface area contributed by atoms with Gasteiger partial charge in [-0.1, -0.05) is 62.8 Å². The fourth-order valence-corrected chi connectivity index (χ4v) is 4.74. The molecular weight excluding hydrogens is 472 g/mol. The number of benzene rings is 1. The third-order valence-electron chi connectivity index (χ3n) is 6.83. The molecule has 7 heteroatoms. The summed E-state index contributed by atoms with van der Waals surface area (Å²) in [5.74, 6) is 0.411. The maximum atomic E-state index is 11.7. The summed E-state index contributed by atoms with van der Waals surface area (Å²) in [7, 11) is 0.887. The Morgan fingerprint density at radius 2 is 1.89 bits per heavy atom. The van der Waals surface area contributed by atoms with E-state index in [-0.39, 0.29) is 29.3 Å². The minimum absolute atomic E-state index is 0.00775. The largest absolute Gasteiger partial charge is 0.497 e. The summed E-state index contributed by atoms with van der Waals surface area (Å²) in [6, 6.07) is 7.82. The minimum atomic E-state index is -2.14. The van der Waals surface area contributed by atoms with Crippen LogP contribution in [0.5, 0.6) is 5.75 Å².